The first-order valence-electron chi connectivity index (χ1n) is 11.5. The zero-order valence-corrected chi connectivity index (χ0v) is 19.0. The first-order valence-corrected chi connectivity index (χ1v) is 11.5. The summed E-state index contributed by atoms with van der Waals surface area (Å²) in [5.41, 5.74) is 1.78. The molecule has 0 bridgehead atoms. The quantitative estimate of drug-likeness (QED) is 0.490. The van der Waals surface area contributed by atoms with E-state index >= 15 is 0 Å². The van der Waals surface area contributed by atoms with Crippen molar-refractivity contribution in [3.63, 3.8) is 0 Å². The summed E-state index contributed by atoms with van der Waals surface area (Å²) in [5, 5.41) is 16.5. The molecular formula is C26H28FN3O4. The number of benzene rings is 2. The topological polar surface area (TPSA) is 93.5 Å². The van der Waals surface area contributed by atoms with Gasteiger partial charge in [-0.2, -0.15) is 9.78 Å². The predicted molar refractivity (Wildman–Crippen MR) is 125 cm³/mol. The highest BCUT2D eigenvalue weighted by Gasteiger charge is 2.25. The number of hydrogen-bond donors (Lipinski definition) is 2. The second kappa shape index (κ2) is 10.5. The first-order chi connectivity index (χ1) is 16.4. The molecule has 0 saturated heterocycles. The van der Waals surface area contributed by atoms with Crippen molar-refractivity contribution in [3.8, 4) is 11.6 Å². The summed E-state index contributed by atoms with van der Waals surface area (Å²) >= 11 is 0. The molecule has 3 aromatic rings. The highest BCUT2D eigenvalue weighted by molar-refractivity contribution is 5.93. The smallest absolute Gasteiger partial charge is 0.305 e. The Hall–Kier alpha value is -3.68. The minimum absolute atomic E-state index is 0.0260. The van der Waals surface area contributed by atoms with Crippen molar-refractivity contribution in [2.45, 2.75) is 57.6 Å². The van der Waals surface area contributed by atoms with Crippen molar-refractivity contribution in [1.29, 1.82) is 0 Å². The number of carboxylic acid groups (broad SMARTS) is 1. The number of carbonyl (C=O) groups excluding carboxylic acids is 1. The van der Waals surface area contributed by atoms with E-state index in [4.69, 9.17) is 4.74 Å². The van der Waals surface area contributed by atoms with Gasteiger partial charge in [0.1, 0.15) is 17.6 Å². The van der Waals surface area contributed by atoms with E-state index in [1.165, 1.54) is 16.8 Å². The fraction of sp³-hybridized carbons (Fsp3) is 0.346. The molecule has 2 N–H and O–H groups in total. The highest BCUT2D eigenvalue weighted by Crippen LogP contribution is 2.28. The van der Waals surface area contributed by atoms with Crippen LogP contribution in [0, 0.1) is 12.7 Å². The van der Waals surface area contributed by atoms with Gasteiger partial charge >= 0.3 is 5.97 Å². The Morgan fingerprint density at radius 3 is 2.56 bits per heavy atom. The van der Waals surface area contributed by atoms with E-state index in [-0.39, 0.29) is 29.8 Å². The molecule has 1 fully saturated rings. The summed E-state index contributed by atoms with van der Waals surface area (Å²) in [6, 6.07) is 14.2. The lowest BCUT2D eigenvalue weighted by Gasteiger charge is -2.23. The Morgan fingerprint density at radius 2 is 1.85 bits per heavy atom. The summed E-state index contributed by atoms with van der Waals surface area (Å²) in [4.78, 5) is 24.6. The molecule has 8 heteroatoms. The fourth-order valence-electron chi connectivity index (χ4n) is 4.33. The van der Waals surface area contributed by atoms with Crippen molar-refractivity contribution in [3.05, 3.63) is 77.2 Å². The van der Waals surface area contributed by atoms with Gasteiger partial charge in [-0.15, -0.1) is 0 Å². The van der Waals surface area contributed by atoms with Gasteiger partial charge in [0.25, 0.3) is 5.91 Å². The van der Waals surface area contributed by atoms with Crippen molar-refractivity contribution in [2.24, 2.45) is 0 Å². The lowest BCUT2D eigenvalue weighted by molar-refractivity contribution is -0.137. The molecule has 1 aromatic heterocycles. The standard InChI is InChI=1S/C26H28FN3O4/c1-17-9-5-6-12-19(17)21(16-25(31)32)28-26(33)22-15-24(34-18-10-3-2-4-11-18)30(29-22)23-14-8-7-13-20(23)27/h5-9,12-15,18,21H,2-4,10-11,16H2,1H3,(H,28,33)(H,31,32)/t21-/m0/s1. The van der Waals surface area contributed by atoms with Gasteiger partial charge in [-0.1, -0.05) is 42.8 Å². The normalized spacial score (nSPS) is 15.0. The van der Waals surface area contributed by atoms with Crippen LogP contribution in [0.3, 0.4) is 0 Å². The van der Waals surface area contributed by atoms with Gasteiger partial charge < -0.3 is 15.2 Å². The van der Waals surface area contributed by atoms with E-state index in [1.807, 2.05) is 19.1 Å². The van der Waals surface area contributed by atoms with Crippen LogP contribution in [-0.2, 0) is 4.79 Å². The van der Waals surface area contributed by atoms with Gasteiger partial charge in [0.15, 0.2) is 5.69 Å². The number of rotatable bonds is 8. The summed E-state index contributed by atoms with van der Waals surface area (Å²) in [7, 11) is 0. The van der Waals surface area contributed by atoms with Gasteiger partial charge in [0.05, 0.1) is 12.5 Å². The number of ether oxygens (including phenoxy) is 1. The van der Waals surface area contributed by atoms with Crippen LogP contribution < -0.4 is 10.1 Å². The molecule has 0 aliphatic heterocycles. The Kier molecular flexibility index (Phi) is 7.25. The highest BCUT2D eigenvalue weighted by atomic mass is 19.1. The number of halogens is 1. The van der Waals surface area contributed by atoms with Crippen LogP contribution in [0.1, 0.15) is 66.2 Å². The zero-order chi connectivity index (χ0) is 24.1. The van der Waals surface area contributed by atoms with Gasteiger partial charge in [-0.3, -0.25) is 9.59 Å². The lowest BCUT2D eigenvalue weighted by atomic mass is 9.98. The number of hydrogen-bond acceptors (Lipinski definition) is 4. The fourth-order valence-corrected chi connectivity index (χ4v) is 4.33. The number of nitrogens with one attached hydrogen (secondary N) is 1. The van der Waals surface area contributed by atoms with Crippen LogP contribution in [0.15, 0.2) is 54.6 Å². The number of carbonyl (C=O) groups is 2. The van der Waals surface area contributed by atoms with Gasteiger partial charge in [0, 0.05) is 6.07 Å². The van der Waals surface area contributed by atoms with Crippen molar-refractivity contribution in [2.75, 3.05) is 0 Å². The molecule has 1 atom stereocenters. The number of aliphatic carboxylic acids is 1. The molecule has 0 radical (unpaired) electrons. The molecular weight excluding hydrogens is 437 g/mol. The van der Waals surface area contributed by atoms with E-state index < -0.39 is 23.7 Å². The van der Waals surface area contributed by atoms with Gasteiger partial charge in [0.2, 0.25) is 5.88 Å². The molecule has 0 spiro atoms. The second-order valence-corrected chi connectivity index (χ2v) is 8.59. The molecule has 1 amide bonds. The number of nitrogens with zero attached hydrogens (tertiary/aromatic N) is 2. The molecule has 0 unspecified atom stereocenters. The molecule has 178 valence electrons. The minimum atomic E-state index is -1.04. The maximum Gasteiger partial charge on any atom is 0.305 e. The SMILES string of the molecule is Cc1ccccc1[C@H](CC(=O)O)NC(=O)c1cc(OC2CCCCC2)n(-c2ccccc2F)n1. The molecule has 34 heavy (non-hydrogen) atoms. The van der Waals surface area contributed by atoms with E-state index in [0.717, 1.165) is 37.7 Å². The maximum atomic E-state index is 14.6. The summed E-state index contributed by atoms with van der Waals surface area (Å²) in [6.45, 7) is 1.86. The molecule has 1 aliphatic carbocycles. The third kappa shape index (κ3) is 5.44. The Bertz CT molecular complexity index is 1170. The summed E-state index contributed by atoms with van der Waals surface area (Å²) < 4.78 is 22.0. The van der Waals surface area contributed by atoms with Gasteiger partial charge in [-0.05, 0) is 55.9 Å². The van der Waals surface area contributed by atoms with E-state index in [2.05, 4.69) is 10.4 Å². The van der Waals surface area contributed by atoms with Crippen molar-refractivity contribution >= 4 is 11.9 Å². The third-order valence-electron chi connectivity index (χ3n) is 6.08. The van der Waals surface area contributed by atoms with Crippen molar-refractivity contribution < 1.29 is 23.8 Å². The van der Waals surface area contributed by atoms with Crippen LogP contribution in [-0.4, -0.2) is 32.9 Å². The molecule has 2 aromatic carbocycles. The molecule has 7 nitrogen and oxygen atoms in total. The number of amides is 1. The van der Waals surface area contributed by atoms with Crippen LogP contribution >= 0.6 is 0 Å². The zero-order valence-electron chi connectivity index (χ0n) is 19.0. The largest absolute Gasteiger partial charge is 0.481 e. The lowest BCUT2D eigenvalue weighted by Crippen LogP contribution is -2.31. The second-order valence-electron chi connectivity index (χ2n) is 8.59. The molecule has 4 rings (SSSR count). The van der Waals surface area contributed by atoms with Crippen LogP contribution in [0.2, 0.25) is 0 Å². The van der Waals surface area contributed by atoms with Crippen LogP contribution in [0.5, 0.6) is 5.88 Å². The van der Waals surface area contributed by atoms with Crippen LogP contribution in [0.25, 0.3) is 5.69 Å². The van der Waals surface area contributed by atoms with Crippen molar-refractivity contribution in [1.82, 2.24) is 15.1 Å². The van der Waals surface area contributed by atoms with E-state index in [1.54, 1.807) is 30.3 Å². The predicted octanol–water partition coefficient (Wildman–Crippen LogP) is 4.98. The van der Waals surface area contributed by atoms with E-state index in [0.29, 0.717) is 5.56 Å². The third-order valence-corrected chi connectivity index (χ3v) is 6.08. The van der Waals surface area contributed by atoms with E-state index in [9.17, 15) is 19.1 Å². The average molecular weight is 466 g/mol. The molecule has 1 heterocycles. The van der Waals surface area contributed by atoms with Gasteiger partial charge in [-0.25, -0.2) is 4.39 Å². The summed E-state index contributed by atoms with van der Waals surface area (Å²) in [5.74, 6) is -1.80. The Labute approximate surface area is 197 Å². The number of aryl methyl sites for hydroxylation is 1. The average Bonchev–Trinajstić information content (AvgIpc) is 3.23. The minimum Gasteiger partial charge on any atom is -0.481 e. The number of carboxylic acids is 1. The monoisotopic (exact) mass is 465 g/mol. The molecule has 1 aliphatic rings. The maximum absolute atomic E-state index is 14.6. The molecule has 1 saturated carbocycles. The van der Waals surface area contributed by atoms with Crippen LogP contribution in [0.4, 0.5) is 4.39 Å². The number of aromatic nitrogens is 2. The first kappa shape index (κ1) is 23.5. The summed E-state index contributed by atoms with van der Waals surface area (Å²) in [6.07, 6.45) is 4.73. The number of para-hydroxylation sites is 1. The Morgan fingerprint density at radius 1 is 1.15 bits per heavy atom. The Balaban J connectivity index is 1.65.